The predicted molar refractivity (Wildman–Crippen MR) is 156 cm³/mol. The van der Waals surface area contributed by atoms with Gasteiger partial charge in [-0.15, -0.1) is 15.0 Å². The molecular formula is C28H23N7O4S. The topological polar surface area (TPSA) is 127 Å². The Balaban J connectivity index is 1.22. The third kappa shape index (κ3) is 5.05. The van der Waals surface area contributed by atoms with E-state index in [9.17, 15) is 14.9 Å². The predicted octanol–water partition coefficient (Wildman–Crippen LogP) is 4.45. The van der Waals surface area contributed by atoms with Crippen LogP contribution in [0.15, 0.2) is 78.9 Å². The molecule has 2 N–H and O–H groups in total. The van der Waals surface area contributed by atoms with Crippen molar-refractivity contribution in [3.8, 4) is 5.69 Å². The van der Waals surface area contributed by atoms with Crippen LogP contribution >= 0.6 is 12.2 Å². The maximum atomic E-state index is 13.2. The summed E-state index contributed by atoms with van der Waals surface area (Å²) in [5.41, 5.74) is 3.37. The summed E-state index contributed by atoms with van der Waals surface area (Å²) in [4.78, 5) is 27.6. The van der Waals surface area contributed by atoms with Gasteiger partial charge in [-0.05, 0) is 47.9 Å². The van der Waals surface area contributed by atoms with Gasteiger partial charge < -0.3 is 15.0 Å². The fourth-order valence-electron chi connectivity index (χ4n) is 4.72. The van der Waals surface area contributed by atoms with E-state index in [1.165, 1.54) is 12.1 Å². The van der Waals surface area contributed by atoms with E-state index in [1.54, 1.807) is 23.0 Å². The Labute approximate surface area is 233 Å². The van der Waals surface area contributed by atoms with Gasteiger partial charge in [-0.25, -0.2) is 0 Å². The first-order valence-corrected chi connectivity index (χ1v) is 13.0. The lowest BCUT2D eigenvalue weighted by molar-refractivity contribution is -0.384. The minimum absolute atomic E-state index is 0.0465. The Bertz CT molecular complexity index is 1780. The summed E-state index contributed by atoms with van der Waals surface area (Å²) >= 11 is 5.40. The summed E-state index contributed by atoms with van der Waals surface area (Å²) in [5.74, 6) is -0.550. The largest absolute Gasteiger partial charge is 0.378 e. The van der Waals surface area contributed by atoms with Gasteiger partial charge in [0.25, 0.3) is 11.6 Å². The van der Waals surface area contributed by atoms with E-state index in [0.717, 1.165) is 16.5 Å². The van der Waals surface area contributed by atoms with Crippen LogP contribution in [0.5, 0.6) is 0 Å². The Hall–Kier alpha value is -4.94. The fourth-order valence-corrected chi connectivity index (χ4v) is 4.93. The van der Waals surface area contributed by atoms with Gasteiger partial charge in [-0.1, -0.05) is 36.4 Å². The molecule has 2 heterocycles. The number of nitrogens with one attached hydrogen (secondary N) is 2. The summed E-state index contributed by atoms with van der Waals surface area (Å²) in [6.45, 7) is 2.15. The normalized spacial score (nSPS) is 13.3. The number of rotatable bonds is 5. The Morgan fingerprint density at radius 1 is 0.925 bits per heavy atom. The first-order chi connectivity index (χ1) is 19.5. The van der Waals surface area contributed by atoms with Crippen LogP contribution in [0.3, 0.4) is 0 Å². The molecule has 0 saturated carbocycles. The molecular weight excluding hydrogens is 530 g/mol. The Morgan fingerprint density at radius 2 is 1.70 bits per heavy atom. The second kappa shape index (κ2) is 10.7. The highest BCUT2D eigenvalue weighted by Gasteiger charge is 2.23. The van der Waals surface area contributed by atoms with E-state index in [1.807, 2.05) is 53.4 Å². The second-order valence-electron chi connectivity index (χ2n) is 9.16. The van der Waals surface area contributed by atoms with Gasteiger partial charge in [-0.3, -0.25) is 20.2 Å². The van der Waals surface area contributed by atoms with E-state index in [4.69, 9.17) is 17.0 Å². The summed E-state index contributed by atoms with van der Waals surface area (Å²) in [6.07, 6.45) is 0. The van der Waals surface area contributed by atoms with Crippen molar-refractivity contribution in [3.63, 3.8) is 0 Å². The number of fused-ring (bicyclic) bond motifs is 2. The van der Waals surface area contributed by atoms with Gasteiger partial charge in [0.15, 0.2) is 5.11 Å². The Morgan fingerprint density at radius 3 is 2.52 bits per heavy atom. The van der Waals surface area contributed by atoms with E-state index >= 15 is 0 Å². The third-order valence-corrected chi connectivity index (χ3v) is 6.84. The van der Waals surface area contributed by atoms with Crippen molar-refractivity contribution in [2.45, 2.75) is 0 Å². The van der Waals surface area contributed by atoms with Gasteiger partial charge in [0.1, 0.15) is 11.0 Å². The van der Waals surface area contributed by atoms with Crippen LogP contribution in [0.25, 0.3) is 27.5 Å². The van der Waals surface area contributed by atoms with Crippen molar-refractivity contribution >= 4 is 62.1 Å². The van der Waals surface area contributed by atoms with Gasteiger partial charge in [-0.2, -0.15) is 0 Å². The monoisotopic (exact) mass is 553 g/mol. The summed E-state index contributed by atoms with van der Waals surface area (Å²) in [5, 5.41) is 28.5. The van der Waals surface area contributed by atoms with Gasteiger partial charge in [0.2, 0.25) is 0 Å². The lowest BCUT2D eigenvalue weighted by Crippen LogP contribution is -2.39. The molecule has 11 nitrogen and oxygen atoms in total. The van der Waals surface area contributed by atoms with Crippen molar-refractivity contribution in [2.24, 2.45) is 0 Å². The van der Waals surface area contributed by atoms with Gasteiger partial charge >= 0.3 is 0 Å². The molecule has 1 fully saturated rings. The zero-order chi connectivity index (χ0) is 27.6. The van der Waals surface area contributed by atoms with Crippen molar-refractivity contribution in [1.29, 1.82) is 0 Å². The van der Waals surface area contributed by atoms with Crippen molar-refractivity contribution < 1.29 is 14.5 Å². The molecule has 0 radical (unpaired) electrons. The number of nitrogens with zero attached hydrogens (tertiary/aromatic N) is 5. The molecule has 4 aromatic carbocycles. The average Bonchev–Trinajstić information content (AvgIpc) is 3.40. The maximum absolute atomic E-state index is 13.2. The highest BCUT2D eigenvalue weighted by molar-refractivity contribution is 7.80. The standard InChI is InChI=1S/C28H23N7O4S/c36-27(22-17-20(35(37)38)9-11-25(22)33-12-14-39-15-13-33)30-28(40)29-19-8-10-23-24(16-19)32-34(31-23)26-7-3-5-18-4-1-2-6-21(18)26/h1-11,16-17H,12-15H2,(H2,29,30,36,40). The SMILES string of the molecule is O=C(NC(=S)Nc1ccc2nn(-c3cccc4ccccc34)nc2c1)c1cc([N+](=O)[O-])ccc1N1CCOCC1. The van der Waals surface area contributed by atoms with Crippen LogP contribution in [-0.4, -0.2) is 57.2 Å². The van der Waals surface area contributed by atoms with E-state index < -0.39 is 10.8 Å². The first-order valence-electron chi connectivity index (χ1n) is 12.5. The number of amides is 1. The molecule has 0 bridgehead atoms. The zero-order valence-corrected chi connectivity index (χ0v) is 21.9. The summed E-state index contributed by atoms with van der Waals surface area (Å²) in [6, 6.07) is 23.6. The highest BCUT2D eigenvalue weighted by Crippen LogP contribution is 2.27. The average molecular weight is 554 g/mol. The van der Waals surface area contributed by atoms with Gasteiger partial charge in [0, 0.05) is 36.3 Å². The molecule has 0 spiro atoms. The van der Waals surface area contributed by atoms with Crippen LogP contribution in [0, 0.1) is 10.1 Å². The van der Waals surface area contributed by atoms with E-state index in [0.29, 0.717) is 48.7 Å². The van der Waals surface area contributed by atoms with Crippen molar-refractivity contribution in [2.75, 3.05) is 36.5 Å². The molecule has 6 rings (SSSR count). The lowest BCUT2D eigenvalue weighted by atomic mass is 10.1. The number of ether oxygens (including phenoxy) is 1. The number of thiocarbonyl (C=S) groups is 1. The number of hydrogen-bond acceptors (Lipinski definition) is 8. The molecule has 1 amide bonds. The van der Waals surface area contributed by atoms with Crippen LogP contribution in [0.1, 0.15) is 10.4 Å². The fraction of sp³-hybridized carbons (Fsp3) is 0.143. The van der Waals surface area contributed by atoms with E-state index in [2.05, 4.69) is 20.8 Å². The van der Waals surface area contributed by atoms with Crippen molar-refractivity contribution in [1.82, 2.24) is 20.3 Å². The van der Waals surface area contributed by atoms with Crippen LogP contribution < -0.4 is 15.5 Å². The molecule has 1 aliphatic rings. The number of morpholine rings is 1. The quantitative estimate of drug-likeness (QED) is 0.184. The molecule has 0 atom stereocenters. The number of carbonyl (C=O) groups excluding carboxylic acids is 1. The molecule has 0 unspecified atom stereocenters. The summed E-state index contributed by atoms with van der Waals surface area (Å²) < 4.78 is 5.40. The molecule has 200 valence electrons. The lowest BCUT2D eigenvalue weighted by Gasteiger charge is -2.30. The maximum Gasteiger partial charge on any atom is 0.270 e. The summed E-state index contributed by atoms with van der Waals surface area (Å²) in [7, 11) is 0. The minimum Gasteiger partial charge on any atom is -0.378 e. The van der Waals surface area contributed by atoms with E-state index in [-0.39, 0.29) is 16.4 Å². The second-order valence-corrected chi connectivity index (χ2v) is 9.57. The van der Waals surface area contributed by atoms with Crippen LogP contribution in [0.2, 0.25) is 0 Å². The number of non-ortho nitro benzene ring substituents is 1. The Kier molecular flexibility index (Phi) is 6.76. The first kappa shape index (κ1) is 25.3. The number of aromatic nitrogens is 3. The third-order valence-electron chi connectivity index (χ3n) is 6.63. The number of nitro groups is 1. The molecule has 1 aromatic heterocycles. The highest BCUT2D eigenvalue weighted by atomic mass is 32.1. The molecule has 1 saturated heterocycles. The minimum atomic E-state index is -0.550. The molecule has 1 aliphatic heterocycles. The smallest absolute Gasteiger partial charge is 0.270 e. The van der Waals surface area contributed by atoms with Crippen LogP contribution in [0.4, 0.5) is 17.1 Å². The zero-order valence-electron chi connectivity index (χ0n) is 21.1. The van der Waals surface area contributed by atoms with Crippen LogP contribution in [-0.2, 0) is 4.74 Å². The number of hydrogen-bond donors (Lipinski definition) is 2. The molecule has 5 aromatic rings. The molecule has 12 heteroatoms. The number of anilines is 2. The number of carbonyl (C=O) groups is 1. The van der Waals surface area contributed by atoms with Gasteiger partial charge in [0.05, 0.1) is 35.1 Å². The number of benzene rings is 4. The number of nitro benzene ring substituents is 1. The van der Waals surface area contributed by atoms with Crippen molar-refractivity contribution in [3.05, 3.63) is 94.5 Å². The molecule has 0 aliphatic carbocycles. The molecule has 40 heavy (non-hydrogen) atoms.